The second-order valence-corrected chi connectivity index (χ2v) is 8.00. The summed E-state index contributed by atoms with van der Waals surface area (Å²) in [7, 11) is 1.26. The molecule has 1 heterocycles. The zero-order chi connectivity index (χ0) is 22.9. The van der Waals surface area contributed by atoms with Crippen LogP contribution in [0.2, 0.25) is 0 Å². The van der Waals surface area contributed by atoms with Crippen molar-refractivity contribution in [2.75, 3.05) is 7.11 Å². The summed E-state index contributed by atoms with van der Waals surface area (Å²) in [5.41, 5.74) is 2.19. The van der Waals surface area contributed by atoms with Crippen molar-refractivity contribution in [1.82, 2.24) is 9.88 Å². The summed E-state index contributed by atoms with van der Waals surface area (Å²) in [6.45, 7) is 0.398. The van der Waals surface area contributed by atoms with Crippen LogP contribution in [0.25, 0.3) is 0 Å². The van der Waals surface area contributed by atoms with Crippen molar-refractivity contribution in [2.45, 2.75) is 64.0 Å². The van der Waals surface area contributed by atoms with Crippen molar-refractivity contribution in [3.63, 3.8) is 0 Å². The number of benzene rings is 1. The lowest BCUT2D eigenvalue weighted by molar-refractivity contribution is -0.143. The molecule has 0 radical (unpaired) electrons. The fourth-order valence-electron chi connectivity index (χ4n) is 4.20. The van der Waals surface area contributed by atoms with E-state index in [1.807, 2.05) is 6.07 Å². The van der Waals surface area contributed by atoms with Gasteiger partial charge in [0.05, 0.1) is 13.2 Å². The van der Waals surface area contributed by atoms with Gasteiger partial charge in [0.2, 0.25) is 0 Å². The van der Waals surface area contributed by atoms with Crippen LogP contribution in [0.3, 0.4) is 0 Å². The monoisotopic (exact) mass is 435 g/mol. The predicted octanol–water partition coefficient (Wildman–Crippen LogP) is 3.46. The molecule has 7 nitrogen and oxygen atoms in total. The Bertz CT molecular complexity index is 1050. The molecule has 1 aliphatic carbocycles. The molecule has 0 unspecified atom stereocenters. The molecule has 0 fully saturated rings. The van der Waals surface area contributed by atoms with Crippen LogP contribution in [-0.2, 0) is 28.9 Å². The number of hydrogen-bond acceptors (Lipinski definition) is 5. The second kappa shape index (κ2) is 11.3. The van der Waals surface area contributed by atoms with Gasteiger partial charge in [-0.25, -0.2) is 4.79 Å². The van der Waals surface area contributed by atoms with Crippen LogP contribution in [0.4, 0.5) is 0 Å². The van der Waals surface area contributed by atoms with Gasteiger partial charge < -0.3 is 14.6 Å². The number of esters is 1. The maximum absolute atomic E-state index is 13.3. The highest BCUT2D eigenvalue weighted by atomic mass is 16.5. The van der Waals surface area contributed by atoms with Crippen molar-refractivity contribution < 1.29 is 14.3 Å². The van der Waals surface area contributed by atoms with E-state index in [0.29, 0.717) is 24.9 Å². The minimum atomic E-state index is -1.01. The SMILES string of the molecule is COC(=O)[C@H](NC(=O)c1cc2c(n(CCCC#N)c1=O)CCCCCC2)c1ccccc1. The average Bonchev–Trinajstić information content (AvgIpc) is 2.79. The zero-order valence-corrected chi connectivity index (χ0v) is 18.4. The van der Waals surface area contributed by atoms with E-state index >= 15 is 0 Å². The molecule has 1 amide bonds. The van der Waals surface area contributed by atoms with Crippen LogP contribution in [0.5, 0.6) is 0 Å². The maximum atomic E-state index is 13.3. The molecule has 3 rings (SSSR count). The summed E-state index contributed by atoms with van der Waals surface area (Å²) in [6, 6.07) is 11.6. The quantitative estimate of drug-likeness (QED) is 0.530. The van der Waals surface area contributed by atoms with Crippen molar-refractivity contribution in [3.05, 3.63) is 69.1 Å². The molecular formula is C25H29N3O4. The Balaban J connectivity index is 1.99. The normalized spacial score (nSPS) is 14.2. The number of carbonyl (C=O) groups excluding carboxylic acids is 2. The number of carbonyl (C=O) groups is 2. The Morgan fingerprint density at radius 3 is 2.56 bits per heavy atom. The molecule has 32 heavy (non-hydrogen) atoms. The van der Waals surface area contributed by atoms with E-state index in [9.17, 15) is 14.4 Å². The van der Waals surface area contributed by atoms with E-state index in [-0.39, 0.29) is 11.1 Å². The third-order valence-electron chi connectivity index (χ3n) is 5.86. The molecule has 2 aromatic rings. The lowest BCUT2D eigenvalue weighted by atomic mass is 9.95. The van der Waals surface area contributed by atoms with Gasteiger partial charge in [-0.3, -0.25) is 9.59 Å². The first kappa shape index (κ1) is 23.3. The minimum Gasteiger partial charge on any atom is -0.467 e. The number of amides is 1. The number of rotatable bonds is 7. The Kier molecular flexibility index (Phi) is 8.20. The summed E-state index contributed by atoms with van der Waals surface area (Å²) >= 11 is 0. The van der Waals surface area contributed by atoms with E-state index in [4.69, 9.17) is 10.00 Å². The van der Waals surface area contributed by atoms with Gasteiger partial charge in [-0.15, -0.1) is 0 Å². The number of aryl methyl sites for hydroxylation is 1. The van der Waals surface area contributed by atoms with Crippen molar-refractivity contribution in [3.8, 4) is 6.07 Å². The largest absolute Gasteiger partial charge is 0.467 e. The van der Waals surface area contributed by atoms with Gasteiger partial charge in [-0.1, -0.05) is 43.2 Å². The Morgan fingerprint density at radius 1 is 1.16 bits per heavy atom. The van der Waals surface area contributed by atoms with Crippen LogP contribution in [-0.4, -0.2) is 23.6 Å². The Labute approximate surface area is 188 Å². The predicted molar refractivity (Wildman–Crippen MR) is 120 cm³/mol. The number of pyridine rings is 1. The summed E-state index contributed by atoms with van der Waals surface area (Å²) in [5.74, 6) is -1.21. The summed E-state index contributed by atoms with van der Waals surface area (Å²) < 4.78 is 6.55. The van der Waals surface area contributed by atoms with Gasteiger partial charge in [-0.2, -0.15) is 5.26 Å². The van der Waals surface area contributed by atoms with Gasteiger partial charge in [0.25, 0.3) is 11.5 Å². The molecule has 7 heteroatoms. The summed E-state index contributed by atoms with van der Waals surface area (Å²) in [6.07, 6.45) is 6.70. The summed E-state index contributed by atoms with van der Waals surface area (Å²) in [5, 5.41) is 11.6. The maximum Gasteiger partial charge on any atom is 0.333 e. The Hall–Kier alpha value is -3.40. The second-order valence-electron chi connectivity index (χ2n) is 8.00. The van der Waals surface area contributed by atoms with Crippen LogP contribution >= 0.6 is 0 Å². The molecule has 168 valence electrons. The molecule has 0 aliphatic heterocycles. The van der Waals surface area contributed by atoms with Gasteiger partial charge in [0, 0.05) is 18.7 Å². The first-order valence-corrected chi connectivity index (χ1v) is 11.1. The van der Waals surface area contributed by atoms with Gasteiger partial charge in [-0.05, 0) is 49.3 Å². The number of fused-ring (bicyclic) bond motifs is 1. The van der Waals surface area contributed by atoms with Crippen molar-refractivity contribution in [2.24, 2.45) is 0 Å². The molecule has 1 aromatic carbocycles. The summed E-state index contributed by atoms with van der Waals surface area (Å²) in [4.78, 5) is 38.9. The molecule has 1 aliphatic rings. The van der Waals surface area contributed by atoms with E-state index in [2.05, 4.69) is 11.4 Å². The van der Waals surface area contributed by atoms with Crippen molar-refractivity contribution in [1.29, 1.82) is 5.26 Å². The van der Waals surface area contributed by atoms with Crippen LogP contribution in [0.15, 0.2) is 41.2 Å². The van der Waals surface area contributed by atoms with E-state index in [0.717, 1.165) is 49.8 Å². The fraction of sp³-hybridized carbons (Fsp3) is 0.440. The number of hydrogen-bond donors (Lipinski definition) is 1. The van der Waals surface area contributed by atoms with Crippen molar-refractivity contribution >= 4 is 11.9 Å². The third kappa shape index (κ3) is 5.44. The number of aromatic nitrogens is 1. The molecule has 0 saturated heterocycles. The Morgan fingerprint density at radius 2 is 1.88 bits per heavy atom. The van der Waals surface area contributed by atoms with Crippen LogP contribution in [0.1, 0.15) is 71.7 Å². The highest BCUT2D eigenvalue weighted by Gasteiger charge is 2.27. The molecular weight excluding hydrogens is 406 g/mol. The number of ether oxygens (including phenoxy) is 1. The molecule has 1 aromatic heterocycles. The van der Waals surface area contributed by atoms with E-state index < -0.39 is 17.9 Å². The third-order valence-corrected chi connectivity index (χ3v) is 5.86. The number of nitriles is 1. The fourth-order valence-corrected chi connectivity index (χ4v) is 4.20. The standard InChI is InChI=1S/C25H29N3O4/c1-32-25(31)22(18-11-6-4-7-12-18)27-23(29)20-17-19-13-5-2-3-8-14-21(19)28(24(20)30)16-10-9-15-26/h4,6-7,11-12,17,22H,2-3,5,8-10,13-14,16H2,1H3,(H,27,29)/t22-/m1/s1. The first-order chi connectivity index (χ1) is 15.6. The van der Waals surface area contributed by atoms with Crippen LogP contribution in [0, 0.1) is 11.3 Å². The molecule has 0 spiro atoms. The lowest BCUT2D eigenvalue weighted by Crippen LogP contribution is -2.39. The molecule has 1 N–H and O–H groups in total. The smallest absolute Gasteiger partial charge is 0.333 e. The first-order valence-electron chi connectivity index (χ1n) is 11.1. The number of methoxy groups -OCH3 is 1. The number of nitrogens with one attached hydrogen (secondary N) is 1. The molecule has 1 atom stereocenters. The van der Waals surface area contributed by atoms with Gasteiger partial charge in [0.15, 0.2) is 6.04 Å². The average molecular weight is 436 g/mol. The van der Waals surface area contributed by atoms with E-state index in [1.165, 1.54) is 7.11 Å². The highest BCUT2D eigenvalue weighted by Crippen LogP contribution is 2.21. The number of unbranched alkanes of at least 4 members (excludes halogenated alkanes) is 1. The lowest BCUT2D eigenvalue weighted by Gasteiger charge is -2.22. The van der Waals surface area contributed by atoms with Crippen LogP contribution < -0.4 is 10.9 Å². The van der Waals surface area contributed by atoms with Gasteiger partial charge >= 0.3 is 5.97 Å². The van der Waals surface area contributed by atoms with Gasteiger partial charge in [0.1, 0.15) is 5.56 Å². The molecule has 0 bridgehead atoms. The highest BCUT2D eigenvalue weighted by molar-refractivity contribution is 5.97. The topological polar surface area (TPSA) is 101 Å². The van der Waals surface area contributed by atoms with E-state index in [1.54, 1.807) is 34.9 Å². The number of nitrogens with zero attached hydrogens (tertiary/aromatic N) is 2. The molecule has 0 saturated carbocycles. The zero-order valence-electron chi connectivity index (χ0n) is 18.4. The minimum absolute atomic E-state index is 0.0196.